The first-order valence-electron chi connectivity index (χ1n) is 11.7. The number of carbonyl (C=O) groups excluding carboxylic acids is 1. The molecule has 0 amide bonds. The molecule has 0 bridgehead atoms. The number of aryl methyl sites for hydroxylation is 1. The van der Waals surface area contributed by atoms with Crippen molar-refractivity contribution < 1.29 is 36.2 Å². The minimum Gasteiger partial charge on any atom is -0.462 e. The number of benzene rings is 3. The fourth-order valence-electron chi connectivity index (χ4n) is 3.53. The van der Waals surface area contributed by atoms with Crippen molar-refractivity contribution in [1.29, 1.82) is 0 Å². The van der Waals surface area contributed by atoms with E-state index >= 15 is 0 Å². The van der Waals surface area contributed by atoms with Gasteiger partial charge in [-0.15, -0.1) is 0 Å². The quantitative estimate of drug-likeness (QED) is 0.124. The minimum absolute atomic E-state index is 0.106. The number of hydrogen-bond donors (Lipinski definition) is 2. The van der Waals surface area contributed by atoms with E-state index in [4.69, 9.17) is 20.9 Å². The molecule has 0 aromatic heterocycles. The van der Waals surface area contributed by atoms with Crippen LogP contribution in [-0.2, 0) is 28.5 Å². The van der Waals surface area contributed by atoms with Gasteiger partial charge in [0.2, 0.25) is 0 Å². The van der Waals surface area contributed by atoms with Gasteiger partial charge in [0.05, 0.1) is 12.2 Å². The molecule has 0 heterocycles. The lowest BCUT2D eigenvalue weighted by Crippen LogP contribution is -2.21. The van der Waals surface area contributed by atoms with Crippen LogP contribution in [0.4, 0.5) is 33.3 Å². The van der Waals surface area contributed by atoms with Crippen molar-refractivity contribution in [3.8, 4) is 5.75 Å². The number of rotatable bonds is 11. The highest BCUT2D eigenvalue weighted by Crippen LogP contribution is 2.32. The van der Waals surface area contributed by atoms with Crippen LogP contribution in [0.5, 0.6) is 5.75 Å². The summed E-state index contributed by atoms with van der Waals surface area (Å²) in [7, 11) is 0. The zero-order chi connectivity index (χ0) is 27.8. The molecular formula is C28H27F5N2O3. The van der Waals surface area contributed by atoms with Gasteiger partial charge < -0.3 is 20.9 Å². The van der Waals surface area contributed by atoms with Crippen LogP contribution in [0, 0.1) is 0 Å². The molecule has 4 N–H and O–H groups in total. The largest absolute Gasteiger partial charge is 0.462 e. The molecule has 0 atom stereocenters. The number of carbonyl (C=O) groups is 1. The lowest BCUT2D eigenvalue weighted by Gasteiger charge is -2.18. The van der Waals surface area contributed by atoms with Crippen molar-refractivity contribution in [2.75, 3.05) is 18.1 Å². The SMILES string of the molecule is Nc1ccc(CCOC(=O)/C=C/c2ccc(OC(F)(F)c3ccc(CCCC(F)(F)F)cc3)cc2)c(N)c1. The Balaban J connectivity index is 1.48. The maximum absolute atomic E-state index is 14.6. The van der Waals surface area contributed by atoms with Crippen molar-refractivity contribution in [3.63, 3.8) is 0 Å². The normalized spacial score (nSPS) is 12.0. The third-order valence-corrected chi connectivity index (χ3v) is 5.54. The van der Waals surface area contributed by atoms with Crippen LogP contribution in [0.2, 0.25) is 0 Å². The molecule has 0 spiro atoms. The van der Waals surface area contributed by atoms with E-state index in [1.165, 1.54) is 48.6 Å². The van der Waals surface area contributed by atoms with Crippen LogP contribution in [-0.4, -0.2) is 18.8 Å². The second kappa shape index (κ2) is 12.4. The Bertz CT molecular complexity index is 1240. The topological polar surface area (TPSA) is 87.6 Å². The second-order valence-electron chi connectivity index (χ2n) is 8.56. The summed E-state index contributed by atoms with van der Waals surface area (Å²) in [6, 6.07) is 15.7. The van der Waals surface area contributed by atoms with Crippen molar-refractivity contribution in [3.05, 3.63) is 95.1 Å². The van der Waals surface area contributed by atoms with Crippen LogP contribution < -0.4 is 16.2 Å². The summed E-state index contributed by atoms with van der Waals surface area (Å²) in [5.74, 6) is -0.683. The molecular weight excluding hydrogens is 507 g/mol. The van der Waals surface area contributed by atoms with Crippen LogP contribution in [0.1, 0.15) is 35.1 Å². The van der Waals surface area contributed by atoms with Gasteiger partial charge in [-0.05, 0) is 72.0 Å². The molecule has 5 nitrogen and oxygen atoms in total. The maximum Gasteiger partial charge on any atom is 0.426 e. The zero-order valence-corrected chi connectivity index (χ0v) is 20.3. The van der Waals surface area contributed by atoms with E-state index in [9.17, 15) is 26.7 Å². The number of halogens is 5. The number of hydrogen-bond acceptors (Lipinski definition) is 5. The molecule has 3 rings (SSSR count). The van der Waals surface area contributed by atoms with Gasteiger partial charge in [-0.1, -0.05) is 30.3 Å². The highest BCUT2D eigenvalue weighted by atomic mass is 19.4. The molecule has 0 aliphatic heterocycles. The Morgan fingerprint density at radius 1 is 0.868 bits per heavy atom. The van der Waals surface area contributed by atoms with E-state index in [0.717, 1.165) is 17.7 Å². The summed E-state index contributed by atoms with van der Waals surface area (Å²) < 4.78 is 75.9. The Hall–Kier alpha value is -4.08. The third-order valence-electron chi connectivity index (χ3n) is 5.54. The standard InChI is InChI=1S/C28H27F5N2O3/c29-27(30,31)16-1-2-19-3-9-22(10-4-19)28(32,33)38-24-12-5-20(6-13-24)7-14-26(36)37-17-15-21-8-11-23(34)18-25(21)35/h3-14,18H,1-2,15-17,34-35H2/b14-7+. The summed E-state index contributed by atoms with van der Waals surface area (Å²) in [6.07, 6.45) is -5.71. The molecule has 0 fully saturated rings. The summed E-state index contributed by atoms with van der Waals surface area (Å²) in [5, 5.41) is 0. The predicted molar refractivity (Wildman–Crippen MR) is 135 cm³/mol. The average molecular weight is 535 g/mol. The molecule has 0 radical (unpaired) electrons. The van der Waals surface area contributed by atoms with Gasteiger partial charge in [0.1, 0.15) is 5.75 Å². The van der Waals surface area contributed by atoms with Crippen molar-refractivity contribution >= 4 is 23.4 Å². The van der Waals surface area contributed by atoms with E-state index in [2.05, 4.69) is 0 Å². The number of esters is 1. The van der Waals surface area contributed by atoms with E-state index < -0.39 is 30.2 Å². The van der Waals surface area contributed by atoms with Gasteiger partial charge in [0, 0.05) is 30.3 Å². The predicted octanol–water partition coefficient (Wildman–Crippen LogP) is 6.66. The highest BCUT2D eigenvalue weighted by molar-refractivity contribution is 5.87. The molecule has 10 heteroatoms. The van der Waals surface area contributed by atoms with Gasteiger partial charge in [-0.25, -0.2) is 4.79 Å². The van der Waals surface area contributed by atoms with E-state index in [1.54, 1.807) is 18.2 Å². The number of alkyl halides is 5. The Labute approximate surface area is 216 Å². The molecule has 0 aliphatic rings. The fourth-order valence-corrected chi connectivity index (χ4v) is 3.53. The summed E-state index contributed by atoms with van der Waals surface area (Å²) in [6.45, 7) is 0.119. The summed E-state index contributed by atoms with van der Waals surface area (Å²) >= 11 is 0. The lowest BCUT2D eigenvalue weighted by molar-refractivity contribution is -0.185. The number of nitrogen functional groups attached to an aromatic ring is 2. The maximum atomic E-state index is 14.6. The third kappa shape index (κ3) is 9.10. The van der Waals surface area contributed by atoms with E-state index in [-0.39, 0.29) is 25.2 Å². The number of anilines is 2. The first-order chi connectivity index (χ1) is 17.9. The monoisotopic (exact) mass is 534 g/mol. The summed E-state index contributed by atoms with van der Waals surface area (Å²) in [4.78, 5) is 11.9. The Morgan fingerprint density at radius 2 is 1.55 bits per heavy atom. The van der Waals surface area contributed by atoms with E-state index in [1.807, 2.05) is 0 Å². The molecule has 0 saturated carbocycles. The van der Waals surface area contributed by atoms with Gasteiger partial charge in [-0.3, -0.25) is 0 Å². The first-order valence-corrected chi connectivity index (χ1v) is 11.7. The second-order valence-corrected chi connectivity index (χ2v) is 8.56. The van der Waals surface area contributed by atoms with Gasteiger partial charge in [0.15, 0.2) is 0 Å². The molecule has 38 heavy (non-hydrogen) atoms. The van der Waals surface area contributed by atoms with Crippen molar-refractivity contribution in [2.24, 2.45) is 0 Å². The number of ether oxygens (including phenoxy) is 2. The smallest absolute Gasteiger partial charge is 0.426 e. The minimum atomic E-state index is -4.25. The molecule has 3 aromatic carbocycles. The highest BCUT2D eigenvalue weighted by Gasteiger charge is 2.34. The van der Waals surface area contributed by atoms with Crippen molar-refractivity contribution in [2.45, 2.75) is 38.0 Å². The van der Waals surface area contributed by atoms with Crippen LogP contribution >= 0.6 is 0 Å². The van der Waals surface area contributed by atoms with Crippen LogP contribution in [0.3, 0.4) is 0 Å². The number of nitrogens with two attached hydrogens (primary N) is 2. The average Bonchev–Trinajstić information content (AvgIpc) is 2.84. The Kier molecular flexibility index (Phi) is 9.33. The van der Waals surface area contributed by atoms with Crippen LogP contribution in [0.25, 0.3) is 6.08 Å². The summed E-state index contributed by atoms with van der Waals surface area (Å²) in [5.41, 5.74) is 14.0. The lowest BCUT2D eigenvalue weighted by atomic mass is 10.1. The van der Waals surface area contributed by atoms with Gasteiger partial charge in [-0.2, -0.15) is 22.0 Å². The molecule has 0 unspecified atom stereocenters. The van der Waals surface area contributed by atoms with Gasteiger partial charge in [0.25, 0.3) is 0 Å². The molecule has 202 valence electrons. The molecule has 0 saturated heterocycles. The van der Waals surface area contributed by atoms with Crippen LogP contribution in [0.15, 0.2) is 72.8 Å². The van der Waals surface area contributed by atoms with Gasteiger partial charge >= 0.3 is 18.3 Å². The van der Waals surface area contributed by atoms with E-state index in [0.29, 0.717) is 28.9 Å². The fraction of sp³-hybridized carbons (Fsp3) is 0.250. The van der Waals surface area contributed by atoms with Crippen molar-refractivity contribution in [1.82, 2.24) is 0 Å². The molecule has 3 aromatic rings. The first kappa shape index (κ1) is 28.5. The zero-order valence-electron chi connectivity index (χ0n) is 20.3. The molecule has 0 aliphatic carbocycles. The Morgan fingerprint density at radius 3 is 2.18 bits per heavy atom.